The second kappa shape index (κ2) is 5.19. The van der Waals surface area contributed by atoms with Crippen LogP contribution in [0, 0.1) is 5.41 Å². The predicted octanol–water partition coefficient (Wildman–Crippen LogP) is 2.25. The number of likely N-dealkylation sites (tertiary alicyclic amines) is 1. The number of hydrogen-bond donors (Lipinski definition) is 0. The van der Waals surface area contributed by atoms with E-state index in [1.165, 1.54) is 6.92 Å². The third-order valence-electron chi connectivity index (χ3n) is 3.30. The Bertz CT molecular complexity index is 372. The van der Waals surface area contributed by atoms with Crippen LogP contribution in [0.5, 0.6) is 0 Å². The summed E-state index contributed by atoms with van der Waals surface area (Å²) in [5.74, 6) is 0.0315. The van der Waals surface area contributed by atoms with Crippen LogP contribution in [0.3, 0.4) is 0 Å². The van der Waals surface area contributed by atoms with E-state index >= 15 is 0 Å². The highest BCUT2D eigenvalue weighted by atomic mass is 16.2. The molecule has 1 aliphatic rings. The molecule has 0 radical (unpaired) electrons. The number of amides is 1. The fourth-order valence-corrected chi connectivity index (χ4v) is 1.86. The lowest BCUT2D eigenvalue weighted by atomic mass is 9.84. The molecule has 0 N–H and O–H groups in total. The zero-order chi connectivity index (χ0) is 13.1. The maximum absolute atomic E-state index is 11.6. The molecule has 1 amide bonds. The van der Waals surface area contributed by atoms with Crippen LogP contribution in [0.25, 0.3) is 10.4 Å². The van der Waals surface area contributed by atoms with Gasteiger partial charge in [-0.2, -0.15) is 0 Å². The SMILES string of the molecule is CC(=O)C(C)(C)CC(N=[N+]=[N-])N1CCCC1=O. The highest BCUT2D eigenvalue weighted by molar-refractivity contribution is 5.82. The first-order valence-corrected chi connectivity index (χ1v) is 5.73. The molecule has 0 aromatic heterocycles. The molecule has 0 aromatic carbocycles. The molecular weight excluding hydrogens is 220 g/mol. The van der Waals surface area contributed by atoms with Crippen molar-refractivity contribution < 1.29 is 9.59 Å². The van der Waals surface area contributed by atoms with Crippen LogP contribution in [0.1, 0.15) is 40.0 Å². The van der Waals surface area contributed by atoms with Crippen molar-refractivity contribution in [1.82, 2.24) is 4.90 Å². The molecule has 1 unspecified atom stereocenters. The van der Waals surface area contributed by atoms with E-state index in [2.05, 4.69) is 10.0 Å². The Morgan fingerprint density at radius 1 is 1.65 bits per heavy atom. The zero-order valence-corrected chi connectivity index (χ0v) is 10.5. The van der Waals surface area contributed by atoms with Gasteiger partial charge in [-0.15, -0.1) is 0 Å². The fourth-order valence-electron chi connectivity index (χ4n) is 1.86. The van der Waals surface area contributed by atoms with Crippen molar-refractivity contribution in [2.75, 3.05) is 6.54 Å². The van der Waals surface area contributed by atoms with Crippen molar-refractivity contribution in [2.45, 2.75) is 46.2 Å². The van der Waals surface area contributed by atoms with Gasteiger partial charge in [-0.05, 0) is 25.3 Å². The Hall–Kier alpha value is -1.55. The van der Waals surface area contributed by atoms with Crippen molar-refractivity contribution in [1.29, 1.82) is 0 Å². The Kier molecular flexibility index (Phi) is 4.12. The molecule has 6 nitrogen and oxygen atoms in total. The van der Waals surface area contributed by atoms with Gasteiger partial charge in [0.05, 0.1) is 0 Å². The van der Waals surface area contributed by atoms with E-state index < -0.39 is 11.6 Å². The summed E-state index contributed by atoms with van der Waals surface area (Å²) in [6.45, 7) is 5.72. The van der Waals surface area contributed by atoms with E-state index in [9.17, 15) is 9.59 Å². The summed E-state index contributed by atoms with van der Waals surface area (Å²) in [5.41, 5.74) is 7.97. The number of carbonyl (C=O) groups excluding carboxylic acids is 2. The molecule has 0 spiro atoms. The molecular formula is C11H18N4O2. The lowest BCUT2D eigenvalue weighted by Crippen LogP contribution is -2.39. The third kappa shape index (κ3) is 3.20. The molecule has 0 bridgehead atoms. The van der Waals surface area contributed by atoms with E-state index in [1.54, 1.807) is 18.7 Å². The minimum Gasteiger partial charge on any atom is -0.334 e. The number of azide groups is 1. The average Bonchev–Trinajstić information content (AvgIpc) is 2.63. The monoisotopic (exact) mass is 238 g/mol. The molecule has 1 fully saturated rings. The maximum Gasteiger partial charge on any atom is 0.223 e. The fraction of sp³-hybridized carbons (Fsp3) is 0.818. The zero-order valence-electron chi connectivity index (χ0n) is 10.5. The molecule has 6 heteroatoms. The Labute approximate surface area is 101 Å². The Balaban J connectivity index is 2.83. The molecule has 0 aliphatic carbocycles. The van der Waals surface area contributed by atoms with Crippen LogP contribution in [0.15, 0.2) is 5.11 Å². The number of rotatable bonds is 5. The summed E-state index contributed by atoms with van der Waals surface area (Å²) < 4.78 is 0. The van der Waals surface area contributed by atoms with E-state index in [-0.39, 0.29) is 11.7 Å². The quantitative estimate of drug-likeness (QED) is 0.418. The average molecular weight is 238 g/mol. The predicted molar refractivity (Wildman–Crippen MR) is 63.0 cm³/mol. The van der Waals surface area contributed by atoms with Gasteiger partial charge in [0, 0.05) is 23.3 Å². The number of carbonyl (C=O) groups is 2. The largest absolute Gasteiger partial charge is 0.334 e. The van der Waals surface area contributed by atoms with Crippen molar-refractivity contribution in [3.8, 4) is 0 Å². The van der Waals surface area contributed by atoms with Crippen LogP contribution in [-0.2, 0) is 9.59 Å². The lowest BCUT2D eigenvalue weighted by molar-refractivity contribution is -0.132. The van der Waals surface area contributed by atoms with Crippen molar-refractivity contribution >= 4 is 11.7 Å². The van der Waals surface area contributed by atoms with Crippen LogP contribution in [0.2, 0.25) is 0 Å². The molecule has 1 heterocycles. The van der Waals surface area contributed by atoms with Gasteiger partial charge < -0.3 is 4.90 Å². The van der Waals surface area contributed by atoms with Gasteiger partial charge in [-0.1, -0.05) is 19.0 Å². The van der Waals surface area contributed by atoms with Gasteiger partial charge in [-0.3, -0.25) is 9.59 Å². The van der Waals surface area contributed by atoms with Crippen LogP contribution in [-0.4, -0.2) is 29.3 Å². The summed E-state index contributed by atoms with van der Waals surface area (Å²) in [6.07, 6.45) is 1.11. The molecule has 1 rings (SSSR count). The molecule has 17 heavy (non-hydrogen) atoms. The number of hydrogen-bond acceptors (Lipinski definition) is 3. The first-order valence-electron chi connectivity index (χ1n) is 5.73. The van der Waals surface area contributed by atoms with Gasteiger partial charge in [0.25, 0.3) is 0 Å². The van der Waals surface area contributed by atoms with Crippen LogP contribution >= 0.6 is 0 Å². The first-order chi connectivity index (χ1) is 7.88. The molecule has 1 saturated heterocycles. The van der Waals surface area contributed by atoms with Crippen LogP contribution in [0.4, 0.5) is 0 Å². The lowest BCUT2D eigenvalue weighted by Gasteiger charge is -2.30. The van der Waals surface area contributed by atoms with Gasteiger partial charge in [-0.25, -0.2) is 0 Å². The van der Waals surface area contributed by atoms with Crippen LogP contribution < -0.4 is 0 Å². The molecule has 0 aromatic rings. The van der Waals surface area contributed by atoms with Crippen molar-refractivity contribution in [3.63, 3.8) is 0 Å². The Morgan fingerprint density at radius 3 is 2.71 bits per heavy atom. The highest BCUT2D eigenvalue weighted by Crippen LogP contribution is 2.28. The second-order valence-electron chi connectivity index (χ2n) is 5.02. The molecule has 1 atom stereocenters. The Morgan fingerprint density at radius 2 is 2.29 bits per heavy atom. The molecule has 1 aliphatic heterocycles. The van der Waals surface area contributed by atoms with E-state index in [4.69, 9.17) is 5.53 Å². The topological polar surface area (TPSA) is 86.1 Å². The second-order valence-corrected chi connectivity index (χ2v) is 5.02. The normalized spacial score (nSPS) is 17.8. The van der Waals surface area contributed by atoms with Gasteiger partial charge in [0.1, 0.15) is 11.9 Å². The van der Waals surface area contributed by atoms with E-state index in [1.807, 2.05) is 0 Å². The summed E-state index contributed by atoms with van der Waals surface area (Å²) in [6, 6.07) is 0. The van der Waals surface area contributed by atoms with E-state index in [0.29, 0.717) is 19.4 Å². The third-order valence-corrected chi connectivity index (χ3v) is 3.30. The summed E-state index contributed by atoms with van der Waals surface area (Å²) >= 11 is 0. The highest BCUT2D eigenvalue weighted by Gasteiger charge is 2.34. The molecule has 94 valence electrons. The summed E-state index contributed by atoms with van der Waals surface area (Å²) in [7, 11) is 0. The first kappa shape index (κ1) is 13.5. The van der Waals surface area contributed by atoms with E-state index in [0.717, 1.165) is 6.42 Å². The molecule has 0 saturated carbocycles. The maximum atomic E-state index is 11.6. The standard InChI is InChI=1S/C11H18N4O2/c1-8(16)11(2,3)7-9(13-14-12)15-6-4-5-10(15)17/h9H,4-7H2,1-3H3. The smallest absolute Gasteiger partial charge is 0.223 e. The van der Waals surface area contributed by atoms with Gasteiger partial charge in [0.15, 0.2) is 0 Å². The van der Waals surface area contributed by atoms with Crippen molar-refractivity contribution in [3.05, 3.63) is 10.4 Å². The minimum atomic E-state index is -0.582. The van der Waals surface area contributed by atoms with Crippen molar-refractivity contribution in [2.24, 2.45) is 10.5 Å². The number of nitrogens with zero attached hydrogens (tertiary/aromatic N) is 4. The minimum absolute atomic E-state index is 0.00162. The van der Waals surface area contributed by atoms with Gasteiger partial charge >= 0.3 is 0 Å². The number of ketones is 1. The van der Waals surface area contributed by atoms with Gasteiger partial charge in [0.2, 0.25) is 5.91 Å². The summed E-state index contributed by atoms with van der Waals surface area (Å²) in [5, 5.41) is 3.66. The summed E-state index contributed by atoms with van der Waals surface area (Å²) in [4.78, 5) is 27.4. The number of Topliss-reactive ketones (excluding diaryl/α,β-unsaturated/α-hetero) is 1.